The first kappa shape index (κ1) is 12.9. The van der Waals surface area contributed by atoms with Crippen molar-refractivity contribution in [2.45, 2.75) is 20.0 Å². The molecule has 0 unspecified atom stereocenters. The van der Waals surface area contributed by atoms with Crippen molar-refractivity contribution >= 4 is 23.0 Å². The highest BCUT2D eigenvalue weighted by Gasteiger charge is 2.22. The predicted molar refractivity (Wildman–Crippen MR) is 81.8 cm³/mol. The van der Waals surface area contributed by atoms with Gasteiger partial charge in [0.15, 0.2) is 5.11 Å². The Labute approximate surface area is 123 Å². The molecule has 0 atom stereocenters. The number of hydrogen-bond acceptors (Lipinski definition) is 3. The molecule has 104 valence electrons. The van der Waals surface area contributed by atoms with Crippen molar-refractivity contribution in [3.8, 4) is 5.88 Å². The first-order valence-electron chi connectivity index (χ1n) is 6.58. The molecule has 0 saturated carbocycles. The van der Waals surface area contributed by atoms with Gasteiger partial charge in [-0.15, -0.1) is 0 Å². The fraction of sp³-hybridized carbons (Fsp3) is 0.286. The van der Waals surface area contributed by atoms with Crippen LogP contribution in [0.3, 0.4) is 0 Å². The second kappa shape index (κ2) is 5.50. The number of ether oxygens (including phenoxy) is 1. The van der Waals surface area contributed by atoms with E-state index in [0.717, 1.165) is 28.7 Å². The molecule has 2 aromatic heterocycles. The van der Waals surface area contributed by atoms with E-state index in [9.17, 15) is 0 Å². The number of nitrogens with zero attached hydrogens (tertiary/aromatic N) is 2. The van der Waals surface area contributed by atoms with E-state index in [-0.39, 0.29) is 0 Å². The minimum Gasteiger partial charge on any atom is -0.478 e. The number of anilines is 1. The maximum Gasteiger partial charge on any atom is 0.213 e. The second-order valence-corrected chi connectivity index (χ2v) is 4.87. The number of H-pyrrole nitrogens is 1. The van der Waals surface area contributed by atoms with Crippen LogP contribution in [0.1, 0.15) is 18.3 Å². The molecule has 2 aromatic rings. The van der Waals surface area contributed by atoms with E-state index >= 15 is 0 Å². The van der Waals surface area contributed by atoms with Crippen LogP contribution in [0.2, 0.25) is 0 Å². The molecule has 20 heavy (non-hydrogen) atoms. The van der Waals surface area contributed by atoms with E-state index in [1.165, 1.54) is 0 Å². The SMILES string of the molecule is CCOc1cccc(CN2C(=S)NCc3[nH]ccc32)n1. The van der Waals surface area contributed by atoms with Gasteiger partial charge >= 0.3 is 0 Å². The molecule has 0 amide bonds. The first-order valence-corrected chi connectivity index (χ1v) is 6.99. The number of pyridine rings is 1. The number of hydrogen-bond donors (Lipinski definition) is 2. The summed E-state index contributed by atoms with van der Waals surface area (Å²) in [4.78, 5) is 9.75. The lowest BCUT2D eigenvalue weighted by Crippen LogP contribution is -2.43. The summed E-state index contributed by atoms with van der Waals surface area (Å²) in [6, 6.07) is 7.83. The number of thiocarbonyl (C=S) groups is 1. The zero-order valence-electron chi connectivity index (χ0n) is 11.2. The summed E-state index contributed by atoms with van der Waals surface area (Å²) in [5.41, 5.74) is 3.17. The third-order valence-electron chi connectivity index (χ3n) is 3.15. The van der Waals surface area contributed by atoms with E-state index in [4.69, 9.17) is 17.0 Å². The lowest BCUT2D eigenvalue weighted by Gasteiger charge is -2.30. The van der Waals surface area contributed by atoms with E-state index < -0.39 is 0 Å². The average Bonchev–Trinajstić information content (AvgIpc) is 2.91. The van der Waals surface area contributed by atoms with Gasteiger partial charge in [0, 0.05) is 12.3 Å². The van der Waals surface area contributed by atoms with Gasteiger partial charge in [0.1, 0.15) is 0 Å². The Morgan fingerprint density at radius 2 is 2.30 bits per heavy atom. The van der Waals surface area contributed by atoms with Crippen molar-refractivity contribution in [1.29, 1.82) is 0 Å². The monoisotopic (exact) mass is 288 g/mol. The van der Waals surface area contributed by atoms with Crippen LogP contribution in [0.5, 0.6) is 5.88 Å². The van der Waals surface area contributed by atoms with Gasteiger partial charge in [0.05, 0.1) is 36.8 Å². The number of aromatic nitrogens is 2. The molecule has 3 rings (SSSR count). The summed E-state index contributed by atoms with van der Waals surface area (Å²) < 4.78 is 5.43. The molecule has 3 heterocycles. The van der Waals surface area contributed by atoms with Crippen LogP contribution in [0.25, 0.3) is 0 Å². The molecule has 0 spiro atoms. The lowest BCUT2D eigenvalue weighted by atomic mass is 10.2. The van der Waals surface area contributed by atoms with Crippen LogP contribution >= 0.6 is 12.2 Å². The summed E-state index contributed by atoms with van der Waals surface area (Å²) in [7, 11) is 0. The molecular weight excluding hydrogens is 272 g/mol. The molecule has 0 saturated heterocycles. The summed E-state index contributed by atoms with van der Waals surface area (Å²) in [5.74, 6) is 0.648. The van der Waals surface area contributed by atoms with Crippen LogP contribution in [-0.2, 0) is 13.1 Å². The summed E-state index contributed by atoms with van der Waals surface area (Å²) in [5, 5.41) is 3.92. The van der Waals surface area contributed by atoms with Gasteiger partial charge in [-0.05, 0) is 31.3 Å². The molecule has 1 aliphatic heterocycles. The third kappa shape index (κ3) is 2.46. The van der Waals surface area contributed by atoms with Gasteiger partial charge in [0.2, 0.25) is 5.88 Å². The summed E-state index contributed by atoms with van der Waals surface area (Å²) in [6.45, 7) is 3.92. The van der Waals surface area contributed by atoms with Gasteiger partial charge in [0.25, 0.3) is 0 Å². The Kier molecular flexibility index (Phi) is 3.56. The van der Waals surface area contributed by atoms with Gasteiger partial charge < -0.3 is 19.9 Å². The third-order valence-corrected chi connectivity index (χ3v) is 3.52. The highest BCUT2D eigenvalue weighted by atomic mass is 32.1. The smallest absolute Gasteiger partial charge is 0.213 e. The Balaban J connectivity index is 1.84. The Morgan fingerprint density at radius 3 is 3.15 bits per heavy atom. The van der Waals surface area contributed by atoms with Crippen molar-refractivity contribution in [1.82, 2.24) is 15.3 Å². The fourth-order valence-electron chi connectivity index (χ4n) is 2.25. The van der Waals surface area contributed by atoms with E-state index in [0.29, 0.717) is 19.0 Å². The normalized spacial score (nSPS) is 13.8. The molecule has 0 bridgehead atoms. The van der Waals surface area contributed by atoms with Crippen molar-refractivity contribution in [3.63, 3.8) is 0 Å². The van der Waals surface area contributed by atoms with Gasteiger partial charge in [-0.2, -0.15) is 0 Å². The molecule has 0 radical (unpaired) electrons. The van der Waals surface area contributed by atoms with E-state index in [1.54, 1.807) is 0 Å². The van der Waals surface area contributed by atoms with Crippen LogP contribution in [0, 0.1) is 0 Å². The molecule has 2 N–H and O–H groups in total. The minimum absolute atomic E-state index is 0.613. The topological polar surface area (TPSA) is 53.2 Å². The van der Waals surface area contributed by atoms with Crippen molar-refractivity contribution in [2.75, 3.05) is 11.5 Å². The van der Waals surface area contributed by atoms with Crippen LogP contribution in [-0.4, -0.2) is 21.7 Å². The van der Waals surface area contributed by atoms with Crippen molar-refractivity contribution in [3.05, 3.63) is 41.9 Å². The van der Waals surface area contributed by atoms with Gasteiger partial charge in [-0.25, -0.2) is 4.98 Å². The number of rotatable bonds is 4. The highest BCUT2D eigenvalue weighted by molar-refractivity contribution is 7.80. The van der Waals surface area contributed by atoms with Gasteiger partial charge in [-0.1, -0.05) is 6.07 Å². The molecule has 0 fully saturated rings. The van der Waals surface area contributed by atoms with E-state index in [1.807, 2.05) is 42.3 Å². The maximum absolute atomic E-state index is 5.43. The fourth-order valence-corrected chi connectivity index (χ4v) is 2.49. The number of fused-ring (bicyclic) bond motifs is 1. The minimum atomic E-state index is 0.613. The Bertz CT molecular complexity index is 625. The predicted octanol–water partition coefficient (Wildman–Crippen LogP) is 2.20. The highest BCUT2D eigenvalue weighted by Crippen LogP contribution is 2.25. The van der Waals surface area contributed by atoms with Crippen LogP contribution < -0.4 is 15.0 Å². The standard InChI is InChI=1S/C14H16N4OS/c1-2-19-13-5-3-4-10(17-13)9-18-12-6-7-15-11(12)8-16-14(18)20/h3-7,15H,2,8-9H2,1H3,(H,16,20). The Hall–Kier alpha value is -2.08. The summed E-state index contributed by atoms with van der Waals surface area (Å²) in [6.07, 6.45) is 1.93. The molecule has 1 aliphatic rings. The second-order valence-electron chi connectivity index (χ2n) is 4.49. The molecular formula is C14H16N4OS. The molecule has 0 aromatic carbocycles. The van der Waals surface area contributed by atoms with Crippen molar-refractivity contribution < 1.29 is 4.74 Å². The zero-order chi connectivity index (χ0) is 13.9. The largest absolute Gasteiger partial charge is 0.478 e. The number of nitrogens with one attached hydrogen (secondary N) is 2. The van der Waals surface area contributed by atoms with Gasteiger partial charge in [-0.3, -0.25) is 0 Å². The quantitative estimate of drug-likeness (QED) is 0.845. The first-order chi connectivity index (χ1) is 9.78. The van der Waals surface area contributed by atoms with Crippen LogP contribution in [0.15, 0.2) is 30.5 Å². The molecule has 6 heteroatoms. The molecule has 5 nitrogen and oxygen atoms in total. The van der Waals surface area contributed by atoms with Crippen LogP contribution in [0.4, 0.5) is 5.69 Å². The van der Waals surface area contributed by atoms with E-state index in [2.05, 4.69) is 15.3 Å². The zero-order valence-corrected chi connectivity index (χ0v) is 12.0. The van der Waals surface area contributed by atoms with Crippen molar-refractivity contribution in [2.24, 2.45) is 0 Å². The lowest BCUT2D eigenvalue weighted by molar-refractivity contribution is 0.326. The number of aromatic amines is 1. The Morgan fingerprint density at radius 1 is 1.40 bits per heavy atom. The maximum atomic E-state index is 5.43. The summed E-state index contributed by atoms with van der Waals surface area (Å²) >= 11 is 5.39. The molecule has 0 aliphatic carbocycles. The average molecular weight is 288 g/mol.